The summed E-state index contributed by atoms with van der Waals surface area (Å²) in [5.41, 5.74) is 1.28. The fourth-order valence-electron chi connectivity index (χ4n) is 3.27. The third-order valence-corrected chi connectivity index (χ3v) is 5.07. The van der Waals surface area contributed by atoms with E-state index < -0.39 is 0 Å². The molecule has 3 aromatic rings. The first-order valence-corrected chi connectivity index (χ1v) is 8.98. The molecule has 3 aromatic heterocycles. The van der Waals surface area contributed by atoms with Gasteiger partial charge in [-0.1, -0.05) is 0 Å². The van der Waals surface area contributed by atoms with Crippen LogP contribution in [0.15, 0.2) is 52.3 Å². The van der Waals surface area contributed by atoms with Crippen LogP contribution in [-0.2, 0) is 26.2 Å². The third-order valence-electron chi connectivity index (χ3n) is 4.34. The predicted octanol–water partition coefficient (Wildman–Crippen LogP) is 1.83. The first kappa shape index (κ1) is 15.3. The van der Waals surface area contributed by atoms with Crippen molar-refractivity contribution in [3.8, 4) is 0 Å². The zero-order valence-corrected chi connectivity index (χ0v) is 14.1. The number of hydrogen-bond donors (Lipinski definition) is 0. The zero-order chi connectivity index (χ0) is 16.4. The monoisotopic (exact) mass is 341 g/mol. The van der Waals surface area contributed by atoms with Crippen molar-refractivity contribution < 1.29 is 0 Å². The Kier molecular flexibility index (Phi) is 4.27. The highest BCUT2D eigenvalue weighted by Gasteiger charge is 2.23. The number of aromatic nitrogens is 4. The molecular formula is C17H19N5OS. The van der Waals surface area contributed by atoms with Gasteiger partial charge in [0.25, 0.3) is 5.56 Å². The summed E-state index contributed by atoms with van der Waals surface area (Å²) in [6.07, 6.45) is 5.55. The van der Waals surface area contributed by atoms with E-state index in [-0.39, 0.29) is 5.56 Å². The molecule has 1 aliphatic heterocycles. The van der Waals surface area contributed by atoms with E-state index >= 15 is 0 Å². The maximum Gasteiger partial charge on any atom is 0.266 e. The topological polar surface area (TPSA) is 56.0 Å². The molecule has 0 amide bonds. The number of hydrogen-bond acceptors (Lipinski definition) is 5. The van der Waals surface area contributed by atoms with Gasteiger partial charge in [0, 0.05) is 50.2 Å². The largest absolute Gasteiger partial charge is 0.333 e. The van der Waals surface area contributed by atoms with Crippen molar-refractivity contribution >= 4 is 11.3 Å². The lowest BCUT2D eigenvalue weighted by molar-refractivity contribution is 0.204. The minimum Gasteiger partial charge on any atom is -0.333 e. The maximum atomic E-state index is 12.0. The highest BCUT2D eigenvalue weighted by atomic mass is 32.1. The molecule has 4 rings (SSSR count). The number of imidazole rings is 1. The molecule has 0 saturated heterocycles. The first-order chi connectivity index (χ1) is 11.8. The number of nitrogens with zero attached hydrogens (tertiary/aromatic N) is 5. The van der Waals surface area contributed by atoms with Gasteiger partial charge >= 0.3 is 0 Å². The second-order valence-electron chi connectivity index (χ2n) is 6.21. The molecule has 6 nitrogen and oxygen atoms in total. The van der Waals surface area contributed by atoms with Gasteiger partial charge in [-0.25, -0.2) is 9.67 Å². The number of thiophene rings is 1. The van der Waals surface area contributed by atoms with Crippen LogP contribution in [0.25, 0.3) is 0 Å². The molecule has 0 N–H and O–H groups in total. The molecule has 1 unspecified atom stereocenters. The van der Waals surface area contributed by atoms with Gasteiger partial charge in [0.1, 0.15) is 5.82 Å². The average molecular weight is 341 g/mol. The van der Waals surface area contributed by atoms with Crippen LogP contribution >= 0.6 is 11.3 Å². The summed E-state index contributed by atoms with van der Waals surface area (Å²) < 4.78 is 3.77. The van der Waals surface area contributed by atoms with Crippen LogP contribution in [0.4, 0.5) is 0 Å². The van der Waals surface area contributed by atoms with Crippen LogP contribution in [0, 0.1) is 5.92 Å². The van der Waals surface area contributed by atoms with Gasteiger partial charge in [0.2, 0.25) is 0 Å². The Balaban J connectivity index is 1.57. The van der Waals surface area contributed by atoms with Crippen LogP contribution in [0.1, 0.15) is 11.4 Å². The third kappa shape index (κ3) is 3.32. The van der Waals surface area contributed by atoms with Crippen LogP contribution in [0.2, 0.25) is 0 Å². The molecule has 0 fully saturated rings. The molecule has 4 heterocycles. The van der Waals surface area contributed by atoms with E-state index in [1.807, 2.05) is 12.4 Å². The van der Waals surface area contributed by atoms with Crippen molar-refractivity contribution in [3.05, 3.63) is 69.3 Å². The lowest BCUT2D eigenvalue weighted by Crippen LogP contribution is -2.33. The molecule has 1 atom stereocenters. The molecule has 7 heteroatoms. The normalized spacial score (nSPS) is 18.2. The lowest BCUT2D eigenvalue weighted by Gasteiger charge is -2.23. The van der Waals surface area contributed by atoms with E-state index in [1.165, 1.54) is 5.56 Å². The lowest BCUT2D eigenvalue weighted by atomic mass is 10.1. The highest BCUT2D eigenvalue weighted by Crippen LogP contribution is 2.19. The van der Waals surface area contributed by atoms with Crippen molar-refractivity contribution in [2.24, 2.45) is 5.92 Å². The minimum absolute atomic E-state index is 0.0445. The maximum absolute atomic E-state index is 12.0. The Bertz CT molecular complexity index is 854. The summed E-state index contributed by atoms with van der Waals surface area (Å²) in [6, 6.07) is 5.42. The van der Waals surface area contributed by atoms with E-state index in [0.29, 0.717) is 12.5 Å². The van der Waals surface area contributed by atoms with E-state index in [1.54, 1.807) is 34.3 Å². The second kappa shape index (κ2) is 6.70. The van der Waals surface area contributed by atoms with Crippen molar-refractivity contribution in [1.82, 2.24) is 24.2 Å². The summed E-state index contributed by atoms with van der Waals surface area (Å²) in [5.74, 6) is 1.40. The Hall–Kier alpha value is -2.25. The molecule has 0 aliphatic carbocycles. The predicted molar refractivity (Wildman–Crippen MR) is 92.6 cm³/mol. The van der Waals surface area contributed by atoms with Crippen LogP contribution in [0.5, 0.6) is 0 Å². The van der Waals surface area contributed by atoms with E-state index in [0.717, 1.165) is 32.0 Å². The SMILES string of the molecule is O=c1cccnn1CC1CN(Cc2ccsc2)Cc2nccn2C1. The summed E-state index contributed by atoms with van der Waals surface area (Å²) in [7, 11) is 0. The zero-order valence-electron chi connectivity index (χ0n) is 13.3. The van der Waals surface area contributed by atoms with Crippen LogP contribution in [-0.4, -0.2) is 30.8 Å². The molecule has 124 valence electrons. The fraction of sp³-hybridized carbons (Fsp3) is 0.353. The Labute approximate surface area is 144 Å². The van der Waals surface area contributed by atoms with Crippen LogP contribution < -0.4 is 5.56 Å². The Morgan fingerprint density at radius 2 is 2.21 bits per heavy atom. The number of fused-ring (bicyclic) bond motifs is 1. The van der Waals surface area contributed by atoms with Crippen molar-refractivity contribution in [2.75, 3.05) is 6.54 Å². The second-order valence-corrected chi connectivity index (χ2v) is 6.99. The summed E-state index contributed by atoms with van der Waals surface area (Å²) in [6.45, 7) is 4.14. The van der Waals surface area contributed by atoms with E-state index in [9.17, 15) is 4.79 Å². The van der Waals surface area contributed by atoms with Gasteiger partial charge in [-0.15, -0.1) is 0 Å². The molecular weight excluding hydrogens is 322 g/mol. The van der Waals surface area contributed by atoms with Gasteiger partial charge in [-0.2, -0.15) is 16.4 Å². The molecule has 0 radical (unpaired) electrons. The van der Waals surface area contributed by atoms with Gasteiger partial charge in [-0.05, 0) is 28.5 Å². The van der Waals surface area contributed by atoms with Gasteiger partial charge < -0.3 is 4.57 Å². The smallest absolute Gasteiger partial charge is 0.266 e. The molecule has 0 saturated carbocycles. The number of rotatable bonds is 4. The van der Waals surface area contributed by atoms with Crippen molar-refractivity contribution in [2.45, 2.75) is 26.2 Å². The summed E-state index contributed by atoms with van der Waals surface area (Å²) in [5, 5.41) is 8.51. The minimum atomic E-state index is -0.0445. The molecule has 24 heavy (non-hydrogen) atoms. The van der Waals surface area contributed by atoms with Gasteiger partial charge in [0.15, 0.2) is 0 Å². The fourth-order valence-corrected chi connectivity index (χ4v) is 3.93. The quantitative estimate of drug-likeness (QED) is 0.726. The van der Waals surface area contributed by atoms with Gasteiger partial charge in [0.05, 0.1) is 13.1 Å². The van der Waals surface area contributed by atoms with Gasteiger partial charge in [-0.3, -0.25) is 9.69 Å². The Morgan fingerprint density at radius 1 is 1.25 bits per heavy atom. The molecule has 1 aliphatic rings. The molecule has 0 spiro atoms. The van der Waals surface area contributed by atoms with E-state index in [4.69, 9.17) is 0 Å². The summed E-state index contributed by atoms with van der Waals surface area (Å²) in [4.78, 5) is 18.9. The first-order valence-electron chi connectivity index (χ1n) is 8.03. The Morgan fingerprint density at radius 3 is 3.04 bits per heavy atom. The highest BCUT2D eigenvalue weighted by molar-refractivity contribution is 7.07. The van der Waals surface area contributed by atoms with Crippen LogP contribution in [0.3, 0.4) is 0 Å². The summed E-state index contributed by atoms with van der Waals surface area (Å²) >= 11 is 1.72. The van der Waals surface area contributed by atoms with Crippen molar-refractivity contribution in [3.63, 3.8) is 0 Å². The molecule has 0 aromatic carbocycles. The van der Waals surface area contributed by atoms with E-state index in [2.05, 4.69) is 36.4 Å². The standard InChI is InChI=1S/C17H19N5OS/c23-17-2-1-4-19-22(17)11-15-9-20(8-14-3-7-24-13-14)12-16-18-5-6-21(16)10-15/h1-7,13,15H,8-12H2. The van der Waals surface area contributed by atoms with Crippen molar-refractivity contribution in [1.29, 1.82) is 0 Å². The molecule has 0 bridgehead atoms. The average Bonchev–Trinajstić information content (AvgIpc) is 3.19.